The number of nitrogens with one attached hydrogen (secondary N) is 5. The molecule has 0 aliphatic carbocycles. The Morgan fingerprint density at radius 2 is 0.531 bits per heavy atom. The number of rotatable bonds is 45. The minimum atomic E-state index is -2.67. The van der Waals surface area contributed by atoms with Gasteiger partial charge in [0.15, 0.2) is 76.5 Å². The lowest BCUT2D eigenvalue weighted by Gasteiger charge is -2.53. The summed E-state index contributed by atoms with van der Waals surface area (Å²) in [6.07, 6.45) is -12.1. The van der Waals surface area contributed by atoms with Crippen LogP contribution in [0.1, 0.15) is 159 Å². The Balaban J connectivity index is 2.53. The van der Waals surface area contributed by atoms with E-state index in [0.29, 0.717) is 0 Å². The quantitative estimate of drug-likeness (QED) is 0.0310. The van der Waals surface area contributed by atoms with Crippen molar-refractivity contribution in [1.82, 2.24) is 26.6 Å². The van der Waals surface area contributed by atoms with Gasteiger partial charge in [0.1, 0.15) is 36.6 Å². The highest BCUT2D eigenvalue weighted by Crippen LogP contribution is 2.42. The van der Waals surface area contributed by atoms with Crippen LogP contribution in [0.25, 0.3) is 0 Å². The van der Waals surface area contributed by atoms with Gasteiger partial charge in [-0.25, -0.2) is 0 Å². The van der Waals surface area contributed by atoms with Crippen molar-refractivity contribution in [2.75, 3.05) is 26.7 Å². The molecule has 562 valence electrons. The summed E-state index contributed by atoms with van der Waals surface area (Å²) in [6.45, 7) is 48.3. The molecule has 7 N–H and O–H groups in total. The third-order valence-electron chi connectivity index (χ3n) is 24.2. The van der Waals surface area contributed by atoms with Crippen LogP contribution in [0.15, 0.2) is 0 Å². The zero-order valence-electron chi connectivity index (χ0n) is 64.8. The molecule has 0 spiro atoms. The zero-order valence-corrected chi connectivity index (χ0v) is 71.8. The van der Waals surface area contributed by atoms with Crippen LogP contribution in [0.2, 0.25) is 127 Å². The van der Waals surface area contributed by atoms with Gasteiger partial charge in [0.25, 0.3) is 17.7 Å². The molecular weight excluding hydrogens is 1340 g/mol. The summed E-state index contributed by atoms with van der Waals surface area (Å²) in [6, 6.07) is 15.1. The lowest BCUT2D eigenvalue weighted by molar-refractivity contribution is -0.210. The second-order valence-corrected chi connectivity index (χ2v) is 60.9. The van der Waals surface area contributed by atoms with Crippen molar-refractivity contribution in [2.24, 2.45) is 5.73 Å². The molecule has 3 fully saturated rings. The molecule has 3 saturated heterocycles. The predicted molar refractivity (Wildman–Crippen MR) is 405 cm³/mol. The first-order valence-corrected chi connectivity index (χ1v) is 56.0. The van der Waals surface area contributed by atoms with E-state index in [2.05, 4.69) is 172 Å². The fourth-order valence-corrected chi connectivity index (χ4v) is 35.5. The summed E-state index contributed by atoms with van der Waals surface area (Å²) >= 11 is 0. The summed E-state index contributed by atoms with van der Waals surface area (Å²) in [4.78, 5) is 73.5. The van der Waals surface area contributed by atoms with Crippen molar-refractivity contribution >= 4 is 87.8 Å². The van der Waals surface area contributed by atoms with Gasteiger partial charge in [0.05, 0.1) is 36.5 Å². The third kappa shape index (κ3) is 21.3. The monoisotopic (exact) mass is 1480 g/mol. The van der Waals surface area contributed by atoms with E-state index in [1.807, 2.05) is 0 Å². The SMILES string of the molecule is CC[Si](CC)(CC)OC1C(O[Si](CC)(CC)CC)[C@@H](CNC(=O)[C@@H]2O[C@H](CNC(=O)[C@@H]3O[C@H](CN)C(O[Si](CC)(CC)CC)C(O[Si](CC)(CC)CC)C3NC(C)=O)C(O[Si](CC)(CC)CC)C(O[Si](CC)(CC)CC)C2O[Si](CC)(CC)CC)O[C@@H](C(=O)NC)C1NC(C)=O. The predicted octanol–water partition coefficient (Wildman–Crippen LogP) is 12.0. The summed E-state index contributed by atoms with van der Waals surface area (Å²) in [5.74, 6) is -2.12. The Bertz CT molecular complexity index is 2280. The highest BCUT2D eigenvalue weighted by atomic mass is 28.4. The van der Waals surface area contributed by atoms with E-state index in [-0.39, 0.29) is 31.4 Å². The van der Waals surface area contributed by atoms with Crippen LogP contribution in [-0.2, 0) is 69.2 Å². The molecule has 3 aliphatic rings. The first-order chi connectivity index (χ1) is 45.6. The van der Waals surface area contributed by atoms with Gasteiger partial charge in [0.2, 0.25) is 11.8 Å². The normalized spacial score (nSPS) is 27.2. The first-order valence-electron chi connectivity index (χ1n) is 38.3. The van der Waals surface area contributed by atoms with Crippen molar-refractivity contribution in [3.05, 3.63) is 0 Å². The minimum absolute atomic E-state index is 0.0421. The Morgan fingerprint density at radius 1 is 0.312 bits per heavy atom. The van der Waals surface area contributed by atoms with Gasteiger partial charge in [-0.05, 0) is 127 Å². The van der Waals surface area contributed by atoms with E-state index < -0.39 is 167 Å². The number of nitrogens with two attached hydrogens (primary N) is 1. The molecule has 21 nitrogen and oxygen atoms in total. The Hall–Kier alpha value is -1.57. The second-order valence-electron chi connectivity index (χ2n) is 27.9. The topological polar surface area (TPSA) is 264 Å². The van der Waals surface area contributed by atoms with Crippen molar-refractivity contribution in [2.45, 2.75) is 378 Å². The van der Waals surface area contributed by atoms with Crippen LogP contribution < -0.4 is 32.3 Å². The minimum Gasteiger partial charge on any atom is -0.409 e. The molecule has 96 heavy (non-hydrogen) atoms. The van der Waals surface area contributed by atoms with Crippen LogP contribution in [-0.4, -0.2) is 206 Å². The van der Waals surface area contributed by atoms with Gasteiger partial charge >= 0.3 is 0 Å². The fourth-order valence-electron chi connectivity index (χ4n) is 15.5. The molecule has 3 aliphatic heterocycles. The molecule has 0 aromatic carbocycles. The highest BCUT2D eigenvalue weighted by Gasteiger charge is 2.60. The summed E-state index contributed by atoms with van der Waals surface area (Å²) in [7, 11) is -16.3. The largest absolute Gasteiger partial charge is 0.409 e. The third-order valence-corrected chi connectivity index (χ3v) is 56.7. The van der Waals surface area contributed by atoms with E-state index in [1.54, 1.807) is 7.05 Å². The molecule has 0 aromatic rings. The first kappa shape index (κ1) is 88.6. The van der Waals surface area contributed by atoms with Crippen molar-refractivity contribution in [3.8, 4) is 0 Å². The standard InChI is InChI=1S/C68H142N6O15Si7/c1-25-90(26-2,27-3)83-56-51(46-69)80-62(55(74-50(23)76)59(56)86-93(34-10,35-11)36-12)67(78)71-48-53-58(85-92(31-7,32-8)33-9)63(88-95(40-16,41-17)42-18)64(89-96(43-19,44-20)45-21)65(82-53)68(79)72-47-52-57(84-91(28-4,29-5)30-6)60(87-94(37-13,38-14)39-15)54(73-49(22)75)61(81-52)66(77)70-24/h51-65H,25-48,69H2,1-24H3,(H,70,77)(H,71,78)(H,72,79)(H,73,75)(H,74,76)/t51-,52-,53-,54?,55?,56?,57?,58?,59?,60?,61-,62-,63?,64?,65-/m1/s1. The van der Waals surface area contributed by atoms with Gasteiger partial charge in [-0.3, -0.25) is 24.0 Å². The van der Waals surface area contributed by atoms with E-state index >= 15 is 9.59 Å². The lowest BCUT2D eigenvalue weighted by atomic mass is 9.91. The van der Waals surface area contributed by atoms with Gasteiger partial charge < -0.3 is 77.5 Å². The molecule has 3 rings (SSSR count). The average molecular weight is 1480 g/mol. The van der Waals surface area contributed by atoms with Crippen LogP contribution in [0.5, 0.6) is 0 Å². The van der Waals surface area contributed by atoms with Crippen LogP contribution >= 0.6 is 0 Å². The zero-order chi connectivity index (χ0) is 72.6. The number of hydrogen-bond donors (Lipinski definition) is 6. The highest BCUT2D eigenvalue weighted by molar-refractivity contribution is 6.76. The number of hydrogen-bond acceptors (Lipinski definition) is 16. The van der Waals surface area contributed by atoms with Crippen LogP contribution in [0, 0.1) is 0 Å². The molecule has 0 saturated carbocycles. The average Bonchev–Trinajstić information content (AvgIpc) is 0.770. The van der Waals surface area contributed by atoms with Gasteiger partial charge in [0, 0.05) is 40.5 Å². The van der Waals surface area contributed by atoms with E-state index in [4.69, 9.17) is 50.9 Å². The molecule has 0 radical (unpaired) electrons. The molecule has 15 atom stereocenters. The second kappa shape index (κ2) is 41.1. The van der Waals surface area contributed by atoms with Gasteiger partial charge in [-0.1, -0.05) is 145 Å². The molecule has 9 unspecified atom stereocenters. The maximum absolute atomic E-state index is 16.3. The number of carbonyl (C=O) groups excluding carboxylic acids is 5. The number of likely N-dealkylation sites (N-methyl/N-ethyl adjacent to an activating group) is 1. The van der Waals surface area contributed by atoms with Crippen LogP contribution in [0.3, 0.4) is 0 Å². The Kier molecular flexibility index (Phi) is 37.9. The lowest BCUT2D eigenvalue weighted by Crippen LogP contribution is -2.72. The molecular formula is C68H142N6O15Si7. The van der Waals surface area contributed by atoms with Crippen LogP contribution in [0.4, 0.5) is 0 Å². The summed E-state index contributed by atoms with van der Waals surface area (Å²) in [5.41, 5.74) is 6.74. The summed E-state index contributed by atoms with van der Waals surface area (Å²) in [5, 5.41) is 15.7. The van der Waals surface area contributed by atoms with E-state index in [1.165, 1.54) is 13.8 Å². The van der Waals surface area contributed by atoms with Gasteiger partial charge in [-0.2, -0.15) is 0 Å². The number of amides is 5. The maximum Gasteiger partial charge on any atom is 0.252 e. The fraction of sp³-hybridized carbons (Fsp3) is 0.926. The van der Waals surface area contributed by atoms with Gasteiger partial charge in [-0.15, -0.1) is 0 Å². The smallest absolute Gasteiger partial charge is 0.252 e. The Morgan fingerprint density at radius 3 is 0.802 bits per heavy atom. The molecule has 0 aromatic heterocycles. The maximum atomic E-state index is 16.3. The Labute approximate surface area is 590 Å². The van der Waals surface area contributed by atoms with Crippen molar-refractivity contribution in [1.29, 1.82) is 0 Å². The summed E-state index contributed by atoms with van der Waals surface area (Å²) < 4.78 is 74.9. The molecule has 0 bridgehead atoms. The van der Waals surface area contributed by atoms with E-state index in [9.17, 15) is 14.4 Å². The van der Waals surface area contributed by atoms with Crippen molar-refractivity contribution in [3.63, 3.8) is 0 Å². The number of carbonyl (C=O) groups is 5. The molecule has 28 heteroatoms. The van der Waals surface area contributed by atoms with Crippen molar-refractivity contribution < 1.29 is 69.2 Å². The molecule has 3 heterocycles. The van der Waals surface area contributed by atoms with E-state index in [0.717, 1.165) is 127 Å². The molecule has 5 amide bonds. The number of ether oxygens (including phenoxy) is 3.